The standard InChI is InChI=1S/C20H25ClN2O2S/c1-2-26(24,25)23-14-16-5-8-17-4-3-11-22-20(19(17)12-16)13-15-6-9-18(21)10-7-15/h5-10,12,20,22-23H,2-4,11,13-14H2,1H3. The number of rotatable bonds is 6. The Hall–Kier alpha value is -1.40. The van der Waals surface area contributed by atoms with Crippen LogP contribution in [-0.4, -0.2) is 20.7 Å². The van der Waals surface area contributed by atoms with Gasteiger partial charge in [-0.2, -0.15) is 0 Å². The van der Waals surface area contributed by atoms with Gasteiger partial charge < -0.3 is 5.32 Å². The minimum atomic E-state index is -3.19. The van der Waals surface area contributed by atoms with Gasteiger partial charge in [0.05, 0.1) is 5.75 Å². The number of fused-ring (bicyclic) bond motifs is 1. The van der Waals surface area contributed by atoms with Crippen LogP contribution in [-0.2, 0) is 29.4 Å². The van der Waals surface area contributed by atoms with Crippen molar-refractivity contribution in [2.75, 3.05) is 12.3 Å². The van der Waals surface area contributed by atoms with E-state index in [9.17, 15) is 8.42 Å². The van der Waals surface area contributed by atoms with Crippen LogP contribution in [0.1, 0.15) is 41.6 Å². The van der Waals surface area contributed by atoms with Crippen LogP contribution in [0.2, 0.25) is 5.02 Å². The topological polar surface area (TPSA) is 58.2 Å². The van der Waals surface area contributed by atoms with Crippen LogP contribution in [0.5, 0.6) is 0 Å². The third kappa shape index (κ3) is 5.07. The molecule has 0 aromatic heterocycles. The van der Waals surface area contributed by atoms with Crippen molar-refractivity contribution in [2.24, 2.45) is 0 Å². The lowest BCUT2D eigenvalue weighted by atomic mass is 9.92. The zero-order chi connectivity index (χ0) is 18.6. The summed E-state index contributed by atoms with van der Waals surface area (Å²) in [7, 11) is -3.19. The number of sulfonamides is 1. The molecule has 140 valence electrons. The van der Waals surface area contributed by atoms with Crippen LogP contribution in [0.3, 0.4) is 0 Å². The molecule has 0 amide bonds. The number of benzene rings is 2. The molecule has 3 rings (SSSR count). The highest BCUT2D eigenvalue weighted by molar-refractivity contribution is 7.89. The van der Waals surface area contributed by atoms with Gasteiger partial charge in [0.15, 0.2) is 0 Å². The van der Waals surface area contributed by atoms with Gasteiger partial charge in [0.25, 0.3) is 0 Å². The van der Waals surface area contributed by atoms with Gasteiger partial charge in [0.1, 0.15) is 0 Å². The summed E-state index contributed by atoms with van der Waals surface area (Å²) in [5, 5.41) is 4.38. The first kappa shape index (κ1) is 19.4. The second kappa shape index (κ2) is 8.53. The maximum absolute atomic E-state index is 11.7. The second-order valence-corrected chi connectivity index (χ2v) is 9.23. The van der Waals surface area contributed by atoms with E-state index in [4.69, 9.17) is 11.6 Å². The van der Waals surface area contributed by atoms with Crippen molar-refractivity contribution in [3.05, 3.63) is 69.7 Å². The molecule has 1 unspecified atom stereocenters. The van der Waals surface area contributed by atoms with Crippen molar-refractivity contribution in [2.45, 2.75) is 38.8 Å². The summed E-state index contributed by atoms with van der Waals surface area (Å²) in [6, 6.07) is 14.5. The summed E-state index contributed by atoms with van der Waals surface area (Å²) in [6.07, 6.45) is 3.03. The van der Waals surface area contributed by atoms with E-state index in [0.29, 0.717) is 6.54 Å². The van der Waals surface area contributed by atoms with Crippen LogP contribution < -0.4 is 10.0 Å². The van der Waals surface area contributed by atoms with E-state index in [-0.39, 0.29) is 11.8 Å². The Bertz CT molecular complexity index is 851. The van der Waals surface area contributed by atoms with Crippen LogP contribution in [0.25, 0.3) is 0 Å². The Morgan fingerprint density at radius 1 is 1.15 bits per heavy atom. The summed E-state index contributed by atoms with van der Waals surface area (Å²) >= 11 is 5.99. The predicted octanol–water partition coefficient (Wildman–Crippen LogP) is 3.60. The number of aryl methyl sites for hydroxylation is 1. The predicted molar refractivity (Wildman–Crippen MR) is 107 cm³/mol. The van der Waals surface area contributed by atoms with E-state index in [1.165, 1.54) is 16.7 Å². The SMILES string of the molecule is CCS(=O)(=O)NCc1ccc2c(c1)C(Cc1ccc(Cl)cc1)NCCC2. The molecule has 1 heterocycles. The third-order valence-electron chi connectivity index (χ3n) is 4.83. The monoisotopic (exact) mass is 392 g/mol. The molecule has 2 N–H and O–H groups in total. The largest absolute Gasteiger partial charge is 0.310 e. The molecule has 1 atom stereocenters. The van der Waals surface area contributed by atoms with Crippen molar-refractivity contribution in [3.63, 3.8) is 0 Å². The Kier molecular flexibility index (Phi) is 6.35. The number of halogens is 1. The third-order valence-corrected chi connectivity index (χ3v) is 6.42. The maximum atomic E-state index is 11.7. The van der Waals surface area contributed by atoms with Crippen molar-refractivity contribution in [1.29, 1.82) is 0 Å². The van der Waals surface area contributed by atoms with Gasteiger partial charge in [0, 0.05) is 17.6 Å². The molecular weight excluding hydrogens is 368 g/mol. The smallest absolute Gasteiger partial charge is 0.211 e. The summed E-state index contributed by atoms with van der Waals surface area (Å²) in [6.45, 7) is 2.95. The fourth-order valence-corrected chi connectivity index (χ4v) is 4.02. The molecule has 0 spiro atoms. The molecule has 26 heavy (non-hydrogen) atoms. The van der Waals surface area contributed by atoms with Gasteiger partial charge in [-0.15, -0.1) is 0 Å². The van der Waals surface area contributed by atoms with Crippen LogP contribution in [0, 0.1) is 0 Å². The maximum Gasteiger partial charge on any atom is 0.211 e. The molecule has 1 aliphatic rings. The zero-order valence-electron chi connectivity index (χ0n) is 15.0. The summed E-state index contributed by atoms with van der Waals surface area (Å²) in [4.78, 5) is 0. The van der Waals surface area contributed by atoms with Crippen molar-refractivity contribution in [3.8, 4) is 0 Å². The van der Waals surface area contributed by atoms with E-state index in [2.05, 4.69) is 34.3 Å². The molecule has 2 aromatic carbocycles. The Balaban J connectivity index is 1.82. The summed E-state index contributed by atoms with van der Waals surface area (Å²) in [5.41, 5.74) is 4.84. The lowest BCUT2D eigenvalue weighted by molar-refractivity contribution is 0.539. The quantitative estimate of drug-likeness (QED) is 0.789. The Morgan fingerprint density at radius 3 is 2.62 bits per heavy atom. The molecule has 0 fully saturated rings. The van der Waals surface area contributed by atoms with E-state index < -0.39 is 10.0 Å². The highest BCUT2D eigenvalue weighted by Crippen LogP contribution is 2.27. The number of hydrogen-bond donors (Lipinski definition) is 2. The molecule has 1 aliphatic heterocycles. The van der Waals surface area contributed by atoms with Gasteiger partial charge in [0.2, 0.25) is 10.0 Å². The molecule has 0 radical (unpaired) electrons. The fourth-order valence-electron chi connectivity index (χ4n) is 3.31. The minimum Gasteiger partial charge on any atom is -0.310 e. The number of nitrogens with one attached hydrogen (secondary N) is 2. The van der Waals surface area contributed by atoms with E-state index in [1.54, 1.807) is 6.92 Å². The molecule has 0 saturated carbocycles. The van der Waals surface area contributed by atoms with Gasteiger partial charge in [-0.25, -0.2) is 13.1 Å². The fraction of sp³-hybridized carbons (Fsp3) is 0.400. The first-order valence-corrected chi connectivity index (χ1v) is 11.1. The van der Waals surface area contributed by atoms with E-state index >= 15 is 0 Å². The first-order valence-electron chi connectivity index (χ1n) is 9.03. The molecule has 0 bridgehead atoms. The molecule has 2 aromatic rings. The Morgan fingerprint density at radius 2 is 1.88 bits per heavy atom. The van der Waals surface area contributed by atoms with Crippen LogP contribution in [0.4, 0.5) is 0 Å². The number of hydrogen-bond acceptors (Lipinski definition) is 3. The minimum absolute atomic E-state index is 0.0959. The van der Waals surface area contributed by atoms with Crippen LogP contribution >= 0.6 is 11.6 Å². The molecule has 0 aliphatic carbocycles. The van der Waals surface area contributed by atoms with E-state index in [1.807, 2.05) is 18.2 Å². The van der Waals surface area contributed by atoms with Gasteiger partial charge in [-0.3, -0.25) is 0 Å². The molecule has 0 saturated heterocycles. The average Bonchev–Trinajstić information content (AvgIpc) is 2.84. The zero-order valence-corrected chi connectivity index (χ0v) is 16.5. The molecule has 6 heteroatoms. The average molecular weight is 393 g/mol. The van der Waals surface area contributed by atoms with Crippen molar-refractivity contribution >= 4 is 21.6 Å². The van der Waals surface area contributed by atoms with E-state index in [0.717, 1.165) is 36.4 Å². The lowest BCUT2D eigenvalue weighted by Gasteiger charge is -2.20. The first-order chi connectivity index (χ1) is 12.5. The highest BCUT2D eigenvalue weighted by Gasteiger charge is 2.19. The molecule has 4 nitrogen and oxygen atoms in total. The Labute approximate surface area is 161 Å². The van der Waals surface area contributed by atoms with Crippen molar-refractivity contribution < 1.29 is 8.42 Å². The van der Waals surface area contributed by atoms with Crippen LogP contribution in [0.15, 0.2) is 42.5 Å². The van der Waals surface area contributed by atoms with Gasteiger partial charge in [-0.05, 0) is 67.1 Å². The van der Waals surface area contributed by atoms with Gasteiger partial charge in [-0.1, -0.05) is 41.9 Å². The van der Waals surface area contributed by atoms with Gasteiger partial charge >= 0.3 is 0 Å². The normalized spacial score (nSPS) is 17.5. The summed E-state index contributed by atoms with van der Waals surface area (Å²) in [5.74, 6) is 0.0959. The second-order valence-electron chi connectivity index (χ2n) is 6.70. The highest BCUT2D eigenvalue weighted by atomic mass is 35.5. The molecular formula is C20H25ClN2O2S. The lowest BCUT2D eigenvalue weighted by Crippen LogP contribution is -2.25. The van der Waals surface area contributed by atoms with Crippen molar-refractivity contribution in [1.82, 2.24) is 10.0 Å². The summed E-state index contributed by atoms with van der Waals surface area (Å²) < 4.78 is 26.1.